The molecule has 78 valence electrons. The summed E-state index contributed by atoms with van der Waals surface area (Å²) in [6.45, 7) is 2.03. The fraction of sp³-hybridized carbons (Fsp3) is 0.800. The molecule has 1 atom stereocenters. The maximum Gasteiger partial charge on any atom is 0.230 e. The van der Waals surface area contributed by atoms with Gasteiger partial charge in [-0.1, -0.05) is 0 Å². The van der Waals surface area contributed by atoms with Crippen molar-refractivity contribution in [3.63, 3.8) is 0 Å². The Kier molecular flexibility index (Phi) is 2.82. The molecule has 2 aliphatic rings. The molecule has 1 unspecified atom stereocenters. The van der Waals surface area contributed by atoms with Crippen molar-refractivity contribution in [2.24, 2.45) is 0 Å². The summed E-state index contributed by atoms with van der Waals surface area (Å²) >= 11 is 0. The molecule has 0 bridgehead atoms. The van der Waals surface area contributed by atoms with Gasteiger partial charge in [-0.25, -0.2) is 0 Å². The summed E-state index contributed by atoms with van der Waals surface area (Å²) < 4.78 is 5.33. The first kappa shape index (κ1) is 9.65. The lowest BCUT2D eigenvalue weighted by Crippen LogP contribution is -2.48. The average Bonchev–Trinajstić information content (AvgIpc) is 2.19. The van der Waals surface area contributed by atoms with Gasteiger partial charge in [-0.05, 0) is 12.8 Å². The van der Waals surface area contributed by atoms with Crippen LogP contribution in [0.1, 0.15) is 25.7 Å². The van der Waals surface area contributed by atoms with Crippen LogP contribution in [0.15, 0.2) is 0 Å². The number of ketones is 1. The van der Waals surface area contributed by atoms with E-state index in [9.17, 15) is 9.59 Å². The first-order valence-corrected chi connectivity index (χ1v) is 5.16. The largest absolute Gasteiger partial charge is 0.379 e. The zero-order chi connectivity index (χ0) is 9.97. The molecule has 2 fully saturated rings. The van der Waals surface area contributed by atoms with E-state index in [0.29, 0.717) is 19.6 Å². The summed E-state index contributed by atoms with van der Waals surface area (Å²) in [6, 6.07) is 0.212. The van der Waals surface area contributed by atoms with Gasteiger partial charge in [0.05, 0.1) is 19.1 Å². The third-order valence-corrected chi connectivity index (χ3v) is 2.88. The van der Waals surface area contributed by atoms with Crippen LogP contribution in [0.5, 0.6) is 0 Å². The number of likely N-dealkylation sites (tertiary alicyclic amines) is 1. The Hall–Kier alpha value is -0.900. The van der Waals surface area contributed by atoms with Gasteiger partial charge in [0.15, 0.2) is 0 Å². The van der Waals surface area contributed by atoms with Crippen LogP contribution in [-0.4, -0.2) is 42.4 Å². The third-order valence-electron chi connectivity index (χ3n) is 2.88. The summed E-state index contributed by atoms with van der Waals surface area (Å²) in [5.41, 5.74) is 0. The number of hydrogen-bond acceptors (Lipinski definition) is 3. The number of carbonyl (C=O) groups is 2. The number of ether oxygens (including phenoxy) is 1. The molecule has 0 aliphatic carbocycles. The number of nitrogens with zero attached hydrogens (tertiary/aromatic N) is 1. The fourth-order valence-electron chi connectivity index (χ4n) is 2.08. The van der Waals surface area contributed by atoms with E-state index >= 15 is 0 Å². The van der Waals surface area contributed by atoms with E-state index in [2.05, 4.69) is 0 Å². The highest BCUT2D eigenvalue weighted by Gasteiger charge is 2.30. The van der Waals surface area contributed by atoms with Gasteiger partial charge in [0.1, 0.15) is 5.78 Å². The number of piperidine rings is 1. The molecule has 0 aromatic carbocycles. The molecule has 2 rings (SSSR count). The third kappa shape index (κ3) is 1.95. The van der Waals surface area contributed by atoms with Crippen LogP contribution in [-0.2, 0) is 14.3 Å². The van der Waals surface area contributed by atoms with Crippen molar-refractivity contribution in [1.29, 1.82) is 0 Å². The quantitative estimate of drug-likeness (QED) is 0.570. The second-order valence-electron chi connectivity index (χ2n) is 3.92. The molecule has 2 heterocycles. The second-order valence-corrected chi connectivity index (χ2v) is 3.92. The highest BCUT2D eigenvalue weighted by molar-refractivity contribution is 6.00. The minimum atomic E-state index is -0.0169. The molecule has 1 amide bonds. The first-order valence-electron chi connectivity index (χ1n) is 5.16. The monoisotopic (exact) mass is 197 g/mol. The molecule has 4 nitrogen and oxygen atoms in total. The molecule has 0 aromatic rings. The van der Waals surface area contributed by atoms with Crippen LogP contribution in [0.3, 0.4) is 0 Å². The van der Waals surface area contributed by atoms with Crippen molar-refractivity contribution >= 4 is 11.7 Å². The molecule has 0 saturated carbocycles. The van der Waals surface area contributed by atoms with Crippen LogP contribution in [0.2, 0.25) is 0 Å². The van der Waals surface area contributed by atoms with Gasteiger partial charge in [-0.3, -0.25) is 9.59 Å². The van der Waals surface area contributed by atoms with Gasteiger partial charge in [0.25, 0.3) is 0 Å². The van der Waals surface area contributed by atoms with E-state index in [1.54, 1.807) is 0 Å². The Morgan fingerprint density at radius 1 is 1.36 bits per heavy atom. The van der Waals surface area contributed by atoms with Crippen molar-refractivity contribution in [3.8, 4) is 0 Å². The number of hydrogen-bond donors (Lipinski definition) is 0. The second kappa shape index (κ2) is 4.09. The Balaban J connectivity index is 1.95. The molecule has 14 heavy (non-hydrogen) atoms. The van der Waals surface area contributed by atoms with Gasteiger partial charge in [0, 0.05) is 19.6 Å². The molecular formula is C10H15NO3. The maximum atomic E-state index is 11.6. The van der Waals surface area contributed by atoms with Gasteiger partial charge < -0.3 is 9.64 Å². The molecule has 2 aliphatic heterocycles. The minimum absolute atomic E-state index is 0.0169. The van der Waals surface area contributed by atoms with E-state index in [0.717, 1.165) is 19.4 Å². The normalized spacial score (nSPS) is 29.4. The van der Waals surface area contributed by atoms with Crippen molar-refractivity contribution < 1.29 is 14.3 Å². The lowest BCUT2D eigenvalue weighted by atomic mass is 10.0. The maximum absolute atomic E-state index is 11.6. The van der Waals surface area contributed by atoms with E-state index in [1.807, 2.05) is 4.90 Å². The van der Waals surface area contributed by atoms with Gasteiger partial charge in [-0.2, -0.15) is 0 Å². The van der Waals surface area contributed by atoms with Gasteiger partial charge in [-0.15, -0.1) is 0 Å². The van der Waals surface area contributed by atoms with E-state index in [1.165, 1.54) is 0 Å². The lowest BCUT2D eigenvalue weighted by Gasteiger charge is -2.36. The Morgan fingerprint density at radius 2 is 2.21 bits per heavy atom. The Morgan fingerprint density at radius 3 is 2.86 bits per heavy atom. The fourth-order valence-corrected chi connectivity index (χ4v) is 2.08. The summed E-state index contributed by atoms with van der Waals surface area (Å²) in [5.74, 6) is 0.0553. The Bertz CT molecular complexity index is 246. The van der Waals surface area contributed by atoms with E-state index in [4.69, 9.17) is 4.74 Å². The van der Waals surface area contributed by atoms with Crippen molar-refractivity contribution in [2.45, 2.75) is 31.7 Å². The number of rotatable bonds is 1. The highest BCUT2D eigenvalue weighted by atomic mass is 16.5. The van der Waals surface area contributed by atoms with Gasteiger partial charge >= 0.3 is 0 Å². The molecule has 0 N–H and O–H groups in total. The number of amides is 1. The van der Waals surface area contributed by atoms with Crippen LogP contribution in [0.4, 0.5) is 0 Å². The van der Waals surface area contributed by atoms with Crippen LogP contribution >= 0.6 is 0 Å². The van der Waals surface area contributed by atoms with Crippen LogP contribution in [0, 0.1) is 0 Å². The topological polar surface area (TPSA) is 46.6 Å². The molecule has 0 aromatic heterocycles. The van der Waals surface area contributed by atoms with Crippen LogP contribution < -0.4 is 0 Å². The smallest absolute Gasteiger partial charge is 0.230 e. The average molecular weight is 197 g/mol. The standard InChI is InChI=1S/C10H15NO3/c12-9-3-4-11(10(13)6-9)8-2-1-5-14-7-8/h8H,1-7H2. The summed E-state index contributed by atoms with van der Waals surface area (Å²) in [5, 5.41) is 0. The van der Waals surface area contributed by atoms with Gasteiger partial charge in [0.2, 0.25) is 5.91 Å². The molecule has 2 saturated heterocycles. The minimum Gasteiger partial charge on any atom is -0.379 e. The first-order chi connectivity index (χ1) is 6.77. The van der Waals surface area contributed by atoms with Crippen molar-refractivity contribution in [1.82, 2.24) is 4.90 Å². The van der Waals surface area contributed by atoms with E-state index < -0.39 is 0 Å². The SMILES string of the molecule is O=C1CCN(C2CCCOC2)C(=O)C1. The molecular weight excluding hydrogens is 182 g/mol. The number of carbonyl (C=O) groups excluding carboxylic acids is 2. The van der Waals surface area contributed by atoms with E-state index in [-0.39, 0.29) is 24.2 Å². The summed E-state index contributed by atoms with van der Waals surface area (Å²) in [4.78, 5) is 24.4. The molecule has 4 heteroatoms. The Labute approximate surface area is 83.2 Å². The lowest BCUT2D eigenvalue weighted by molar-refractivity contribution is -0.144. The predicted octanol–water partition coefficient (Wildman–Crippen LogP) is 0.357. The summed E-state index contributed by atoms with van der Waals surface area (Å²) in [6.07, 6.45) is 2.64. The molecule has 0 radical (unpaired) electrons. The molecule has 0 spiro atoms. The van der Waals surface area contributed by atoms with Crippen LogP contribution in [0.25, 0.3) is 0 Å². The number of Topliss-reactive ketones (excluding diaryl/α,β-unsaturated/α-hetero) is 1. The zero-order valence-electron chi connectivity index (χ0n) is 8.20. The highest BCUT2D eigenvalue weighted by Crippen LogP contribution is 2.18. The predicted molar refractivity (Wildman–Crippen MR) is 49.8 cm³/mol. The summed E-state index contributed by atoms with van der Waals surface area (Å²) in [7, 11) is 0. The zero-order valence-corrected chi connectivity index (χ0v) is 8.20. The van der Waals surface area contributed by atoms with Crippen molar-refractivity contribution in [2.75, 3.05) is 19.8 Å². The van der Waals surface area contributed by atoms with Crippen molar-refractivity contribution in [3.05, 3.63) is 0 Å².